The number of fused-ring (bicyclic) bond motifs is 6. The van der Waals surface area contributed by atoms with Crippen LogP contribution in [0.3, 0.4) is 0 Å². The SMILES string of the molecule is CC1=CC2N(c3ccccc31)C(C(=O)c1ccc([N+](=O)[O-])cc1)C(C(=O)c1ccccc1Cl)C21C(=O)Nc2ccccc21. The molecular weight excluding hydrogens is 566 g/mol. The molecule has 0 bridgehead atoms. The highest BCUT2D eigenvalue weighted by molar-refractivity contribution is 6.34. The van der Waals surface area contributed by atoms with Crippen molar-refractivity contribution in [3.05, 3.63) is 141 Å². The number of nitrogens with zero attached hydrogens (tertiary/aromatic N) is 2. The molecule has 3 heterocycles. The maximum atomic E-state index is 14.9. The fourth-order valence-electron chi connectivity index (χ4n) is 7.13. The predicted octanol–water partition coefficient (Wildman–Crippen LogP) is 6.49. The number of rotatable bonds is 5. The molecule has 4 aromatic rings. The highest BCUT2D eigenvalue weighted by Gasteiger charge is 2.70. The Kier molecular flexibility index (Phi) is 6.07. The zero-order valence-corrected chi connectivity index (χ0v) is 23.6. The molecule has 3 aliphatic rings. The molecule has 1 fully saturated rings. The average molecular weight is 590 g/mol. The first-order valence-electron chi connectivity index (χ1n) is 13.8. The molecule has 0 aliphatic carbocycles. The number of Topliss-reactive ketones (excluding diaryl/α,β-unsaturated/α-hetero) is 2. The van der Waals surface area contributed by atoms with E-state index in [-0.39, 0.29) is 27.7 Å². The minimum Gasteiger partial charge on any atom is -0.352 e. The lowest BCUT2D eigenvalue weighted by atomic mass is 9.64. The lowest BCUT2D eigenvalue weighted by Gasteiger charge is -2.39. The molecule has 43 heavy (non-hydrogen) atoms. The zero-order chi connectivity index (χ0) is 30.0. The molecule has 1 saturated heterocycles. The van der Waals surface area contributed by atoms with Crippen molar-refractivity contribution in [1.82, 2.24) is 0 Å². The predicted molar refractivity (Wildman–Crippen MR) is 164 cm³/mol. The molecule has 1 spiro atoms. The van der Waals surface area contributed by atoms with Gasteiger partial charge in [-0.2, -0.15) is 0 Å². The first-order chi connectivity index (χ1) is 20.7. The van der Waals surface area contributed by atoms with Gasteiger partial charge in [-0.15, -0.1) is 0 Å². The van der Waals surface area contributed by atoms with Crippen molar-refractivity contribution in [3.8, 4) is 0 Å². The lowest BCUT2D eigenvalue weighted by molar-refractivity contribution is -0.384. The van der Waals surface area contributed by atoms with E-state index < -0.39 is 39.9 Å². The van der Waals surface area contributed by atoms with Crippen molar-refractivity contribution in [2.75, 3.05) is 10.2 Å². The van der Waals surface area contributed by atoms with Crippen molar-refractivity contribution in [3.63, 3.8) is 0 Å². The molecule has 8 nitrogen and oxygen atoms in total. The molecule has 4 unspecified atom stereocenters. The Labute approximate surface area is 251 Å². The lowest BCUT2D eigenvalue weighted by Crippen LogP contribution is -2.51. The number of ketones is 2. The van der Waals surface area contributed by atoms with Gasteiger partial charge in [0.15, 0.2) is 11.6 Å². The number of benzene rings is 4. The van der Waals surface area contributed by atoms with Crippen LogP contribution < -0.4 is 10.2 Å². The van der Waals surface area contributed by atoms with Crippen LogP contribution in [0.2, 0.25) is 5.02 Å². The number of halogens is 1. The van der Waals surface area contributed by atoms with Crippen LogP contribution in [0.15, 0.2) is 103 Å². The van der Waals surface area contributed by atoms with Crippen LogP contribution in [-0.4, -0.2) is 34.5 Å². The fraction of sp³-hybridized carbons (Fsp3) is 0.147. The van der Waals surface area contributed by atoms with E-state index in [1.165, 1.54) is 24.3 Å². The number of carbonyl (C=O) groups is 3. The Morgan fingerprint density at radius 2 is 1.58 bits per heavy atom. The van der Waals surface area contributed by atoms with E-state index in [2.05, 4.69) is 5.32 Å². The monoisotopic (exact) mass is 589 g/mol. The van der Waals surface area contributed by atoms with E-state index in [4.69, 9.17) is 11.6 Å². The number of hydrogen-bond acceptors (Lipinski definition) is 6. The van der Waals surface area contributed by atoms with Gasteiger partial charge in [0.1, 0.15) is 11.5 Å². The Balaban J connectivity index is 1.54. The summed E-state index contributed by atoms with van der Waals surface area (Å²) >= 11 is 6.58. The third-order valence-electron chi connectivity index (χ3n) is 8.94. The first-order valence-corrected chi connectivity index (χ1v) is 14.2. The molecule has 0 aromatic heterocycles. The second-order valence-corrected chi connectivity index (χ2v) is 11.4. The molecule has 9 heteroatoms. The van der Waals surface area contributed by atoms with E-state index in [0.29, 0.717) is 11.3 Å². The normalized spacial score (nSPS) is 23.2. The van der Waals surface area contributed by atoms with E-state index in [1.807, 2.05) is 60.4 Å². The molecule has 0 radical (unpaired) electrons. The summed E-state index contributed by atoms with van der Waals surface area (Å²) < 4.78 is 0. The number of non-ortho nitro benzene ring substituents is 1. The quantitative estimate of drug-likeness (QED) is 0.162. The van der Waals surface area contributed by atoms with Gasteiger partial charge >= 0.3 is 0 Å². The van der Waals surface area contributed by atoms with Crippen molar-refractivity contribution in [2.45, 2.75) is 24.4 Å². The number of anilines is 2. The number of para-hydroxylation sites is 2. The Morgan fingerprint density at radius 1 is 0.907 bits per heavy atom. The summed E-state index contributed by atoms with van der Waals surface area (Å²) in [6, 6.07) is 25.0. The maximum absolute atomic E-state index is 14.9. The summed E-state index contributed by atoms with van der Waals surface area (Å²) in [5.41, 5.74) is 2.49. The molecule has 1 N–H and O–H groups in total. The van der Waals surface area contributed by atoms with Crippen LogP contribution in [0.5, 0.6) is 0 Å². The smallest absolute Gasteiger partial charge is 0.269 e. The van der Waals surface area contributed by atoms with Crippen molar-refractivity contribution in [2.24, 2.45) is 5.92 Å². The highest BCUT2D eigenvalue weighted by Crippen LogP contribution is 2.59. The minimum absolute atomic E-state index is 0.160. The average Bonchev–Trinajstić information content (AvgIpc) is 3.49. The van der Waals surface area contributed by atoms with Gasteiger partial charge in [0.25, 0.3) is 5.69 Å². The van der Waals surface area contributed by atoms with Crippen LogP contribution >= 0.6 is 11.6 Å². The molecule has 4 aromatic carbocycles. The van der Waals surface area contributed by atoms with Gasteiger partial charge in [-0.05, 0) is 54.5 Å². The summed E-state index contributed by atoms with van der Waals surface area (Å²) in [5, 5.41) is 14.6. The first kappa shape index (κ1) is 26.8. The van der Waals surface area contributed by atoms with Crippen molar-refractivity contribution >= 4 is 51.7 Å². The van der Waals surface area contributed by atoms with Gasteiger partial charge in [0.05, 0.1) is 21.9 Å². The number of nitrogens with one attached hydrogen (secondary N) is 1. The maximum Gasteiger partial charge on any atom is 0.269 e. The number of hydrogen-bond donors (Lipinski definition) is 1. The van der Waals surface area contributed by atoms with E-state index in [9.17, 15) is 24.5 Å². The number of carbonyl (C=O) groups excluding carboxylic acids is 3. The van der Waals surface area contributed by atoms with Crippen LogP contribution in [0, 0.1) is 16.0 Å². The summed E-state index contributed by atoms with van der Waals surface area (Å²) in [7, 11) is 0. The Morgan fingerprint density at radius 3 is 2.33 bits per heavy atom. The van der Waals surface area contributed by atoms with Crippen LogP contribution in [-0.2, 0) is 10.2 Å². The fourth-order valence-corrected chi connectivity index (χ4v) is 7.36. The third-order valence-corrected chi connectivity index (χ3v) is 9.27. The molecular formula is C34H24ClN3O5. The molecule has 1 amide bonds. The molecule has 212 valence electrons. The standard InChI is InChI=1S/C34H24ClN3O5/c1-19-18-28-34(24-10-4-6-12-26(24)36-33(34)41)29(32(40)23-9-2-5-11-25(23)35)30(37(28)27-13-7-3-8-22(19)27)31(39)20-14-16-21(17-15-20)38(42)43/h2-18,28-30H,1H3,(H,36,41). The second kappa shape index (κ2) is 9.74. The number of allylic oxidation sites excluding steroid dienone is 1. The highest BCUT2D eigenvalue weighted by atomic mass is 35.5. The molecule has 7 rings (SSSR count). The van der Waals surface area contributed by atoms with Gasteiger partial charge < -0.3 is 10.2 Å². The van der Waals surface area contributed by atoms with E-state index in [0.717, 1.165) is 16.8 Å². The van der Waals surface area contributed by atoms with Crippen molar-refractivity contribution < 1.29 is 19.3 Å². The van der Waals surface area contributed by atoms with Crippen LogP contribution in [0.1, 0.15) is 38.8 Å². The van der Waals surface area contributed by atoms with Crippen LogP contribution in [0.4, 0.5) is 17.1 Å². The Hall–Kier alpha value is -5.08. The third kappa shape index (κ3) is 3.73. The van der Waals surface area contributed by atoms with Gasteiger partial charge in [0, 0.05) is 40.2 Å². The van der Waals surface area contributed by atoms with Gasteiger partial charge in [-0.25, -0.2) is 0 Å². The number of amides is 1. The van der Waals surface area contributed by atoms with E-state index >= 15 is 0 Å². The van der Waals surface area contributed by atoms with Gasteiger partial charge in [-0.3, -0.25) is 24.5 Å². The second-order valence-electron chi connectivity index (χ2n) is 11.0. The number of nitro benzene ring substituents is 1. The summed E-state index contributed by atoms with van der Waals surface area (Å²) in [4.78, 5) is 56.7. The summed E-state index contributed by atoms with van der Waals surface area (Å²) in [6.07, 6.45) is 1.97. The summed E-state index contributed by atoms with van der Waals surface area (Å²) in [6.45, 7) is 1.96. The Bertz CT molecular complexity index is 1900. The van der Waals surface area contributed by atoms with Crippen molar-refractivity contribution in [1.29, 1.82) is 0 Å². The zero-order valence-electron chi connectivity index (χ0n) is 22.9. The van der Waals surface area contributed by atoms with Gasteiger partial charge in [0.2, 0.25) is 5.91 Å². The van der Waals surface area contributed by atoms with Gasteiger partial charge in [-0.1, -0.05) is 66.2 Å². The molecule has 3 aliphatic heterocycles. The van der Waals surface area contributed by atoms with Crippen LogP contribution in [0.25, 0.3) is 5.57 Å². The summed E-state index contributed by atoms with van der Waals surface area (Å²) in [5.74, 6) is -2.44. The molecule has 4 atom stereocenters. The molecule has 0 saturated carbocycles. The minimum atomic E-state index is -1.48. The topological polar surface area (TPSA) is 110 Å². The largest absolute Gasteiger partial charge is 0.352 e. The number of nitro groups is 1. The van der Waals surface area contributed by atoms with E-state index in [1.54, 1.807) is 30.3 Å².